The lowest BCUT2D eigenvalue weighted by atomic mass is 10.0. The number of nitrogens with zero attached hydrogens (tertiary/aromatic N) is 4. The summed E-state index contributed by atoms with van der Waals surface area (Å²) in [6.07, 6.45) is 3.47. The molecule has 4 nitrogen and oxygen atoms in total. The van der Waals surface area contributed by atoms with Gasteiger partial charge in [0.1, 0.15) is 17.1 Å². The third-order valence-electron chi connectivity index (χ3n) is 3.95. The van der Waals surface area contributed by atoms with Crippen LogP contribution in [-0.2, 0) is 0 Å². The van der Waals surface area contributed by atoms with Gasteiger partial charge in [-0.1, -0.05) is 67.2 Å². The van der Waals surface area contributed by atoms with Gasteiger partial charge < -0.3 is 0 Å². The summed E-state index contributed by atoms with van der Waals surface area (Å²) >= 11 is 0. The summed E-state index contributed by atoms with van der Waals surface area (Å²) in [4.78, 5) is 5.76. The van der Waals surface area contributed by atoms with E-state index in [-0.39, 0.29) is 0 Å². The zero-order valence-electron chi connectivity index (χ0n) is 13.6. The van der Waals surface area contributed by atoms with E-state index in [9.17, 15) is 0 Å². The summed E-state index contributed by atoms with van der Waals surface area (Å²) < 4.78 is 0. The van der Waals surface area contributed by atoms with Crippen molar-refractivity contribution < 1.29 is 0 Å². The molecule has 0 atom stereocenters. The van der Waals surface area contributed by atoms with Crippen molar-refractivity contribution in [1.29, 1.82) is 0 Å². The van der Waals surface area contributed by atoms with E-state index in [1.54, 1.807) is 17.2 Å². The first-order valence-electron chi connectivity index (χ1n) is 8.01. The minimum Gasteiger partial charge on any atom is -0.262 e. The lowest BCUT2D eigenvalue weighted by Gasteiger charge is -2.04. The molecule has 4 rings (SSSR count). The highest BCUT2D eigenvalue weighted by molar-refractivity contribution is 5.83. The quantitative estimate of drug-likeness (QED) is 0.559. The van der Waals surface area contributed by atoms with Crippen molar-refractivity contribution in [2.24, 2.45) is 0 Å². The van der Waals surface area contributed by atoms with Crippen LogP contribution < -0.4 is 0 Å². The normalized spacial score (nSPS) is 10.6. The molecule has 0 unspecified atom stereocenters. The van der Waals surface area contributed by atoms with E-state index in [2.05, 4.69) is 11.6 Å². The maximum Gasteiger partial charge on any atom is 0.121 e. The minimum absolute atomic E-state index is 0.765. The molecule has 0 aliphatic carbocycles. The van der Waals surface area contributed by atoms with Crippen molar-refractivity contribution in [2.75, 3.05) is 0 Å². The first-order valence-corrected chi connectivity index (χ1v) is 8.01. The summed E-state index contributed by atoms with van der Waals surface area (Å²) in [5.41, 5.74) is 5.25. The number of aromatic nitrogens is 4. The first-order chi connectivity index (χ1) is 12.3. The standard InChI is InChI=1S/C21H16N4/c1-16(17-9-4-2-5-10-17)20-21(18-11-6-3-7-12-18)24-25(23-20)19-13-8-14-22-15-19/h2-15H,1H2. The molecule has 0 radical (unpaired) electrons. The highest BCUT2D eigenvalue weighted by Crippen LogP contribution is 2.29. The van der Waals surface area contributed by atoms with Crippen LogP contribution in [0.4, 0.5) is 0 Å². The maximum absolute atomic E-state index is 4.70. The molecular weight excluding hydrogens is 308 g/mol. The minimum atomic E-state index is 0.765. The van der Waals surface area contributed by atoms with Crippen molar-refractivity contribution in [2.45, 2.75) is 0 Å². The summed E-state index contributed by atoms with van der Waals surface area (Å²) in [5, 5.41) is 9.40. The van der Waals surface area contributed by atoms with Crippen LogP contribution in [0.25, 0.3) is 22.5 Å². The van der Waals surface area contributed by atoms with Crippen molar-refractivity contribution in [3.8, 4) is 16.9 Å². The number of hydrogen-bond donors (Lipinski definition) is 0. The van der Waals surface area contributed by atoms with E-state index in [1.165, 1.54) is 0 Å². The molecule has 4 aromatic rings. The van der Waals surface area contributed by atoms with Gasteiger partial charge in [-0.3, -0.25) is 4.98 Å². The molecule has 0 amide bonds. The van der Waals surface area contributed by atoms with Crippen LogP contribution in [0.1, 0.15) is 11.3 Å². The van der Waals surface area contributed by atoms with Gasteiger partial charge in [0.05, 0.1) is 6.20 Å². The second-order valence-electron chi connectivity index (χ2n) is 5.61. The van der Waals surface area contributed by atoms with Gasteiger partial charge in [-0.15, -0.1) is 15.0 Å². The van der Waals surface area contributed by atoms with Crippen LogP contribution in [0, 0.1) is 0 Å². The van der Waals surface area contributed by atoms with Gasteiger partial charge in [0, 0.05) is 17.3 Å². The molecule has 0 fully saturated rings. The average molecular weight is 324 g/mol. The lowest BCUT2D eigenvalue weighted by molar-refractivity contribution is 0.747. The van der Waals surface area contributed by atoms with E-state index in [4.69, 9.17) is 10.2 Å². The second kappa shape index (κ2) is 6.53. The van der Waals surface area contributed by atoms with E-state index < -0.39 is 0 Å². The smallest absolute Gasteiger partial charge is 0.121 e. The van der Waals surface area contributed by atoms with Crippen LogP contribution in [0.5, 0.6) is 0 Å². The van der Waals surface area contributed by atoms with Gasteiger partial charge in [0.2, 0.25) is 0 Å². The fraction of sp³-hybridized carbons (Fsp3) is 0. The maximum atomic E-state index is 4.70. The topological polar surface area (TPSA) is 43.6 Å². The molecule has 120 valence electrons. The Morgan fingerprint density at radius 2 is 1.52 bits per heavy atom. The molecular formula is C21H16N4. The van der Waals surface area contributed by atoms with Gasteiger partial charge in [0.25, 0.3) is 0 Å². The zero-order valence-corrected chi connectivity index (χ0v) is 13.6. The number of hydrogen-bond acceptors (Lipinski definition) is 3. The molecule has 0 spiro atoms. The Kier molecular flexibility index (Phi) is 3.92. The van der Waals surface area contributed by atoms with Crippen LogP contribution in [0.3, 0.4) is 0 Å². The summed E-state index contributed by atoms with van der Waals surface area (Å²) in [5.74, 6) is 0. The van der Waals surface area contributed by atoms with Crippen molar-refractivity contribution in [3.05, 3.63) is 103 Å². The van der Waals surface area contributed by atoms with Gasteiger partial charge >= 0.3 is 0 Å². The van der Waals surface area contributed by atoms with E-state index in [1.807, 2.05) is 72.8 Å². The van der Waals surface area contributed by atoms with Crippen LogP contribution in [0.2, 0.25) is 0 Å². The zero-order chi connectivity index (χ0) is 17.1. The average Bonchev–Trinajstić information content (AvgIpc) is 3.15. The van der Waals surface area contributed by atoms with Gasteiger partial charge in [-0.2, -0.15) is 0 Å². The highest BCUT2D eigenvalue weighted by atomic mass is 15.5. The molecule has 0 saturated heterocycles. The SMILES string of the molecule is C=C(c1ccccc1)c1nn(-c2cccnc2)nc1-c1ccccc1. The van der Waals surface area contributed by atoms with Gasteiger partial charge in [-0.05, 0) is 17.7 Å². The van der Waals surface area contributed by atoms with E-state index in [0.717, 1.165) is 33.8 Å². The monoisotopic (exact) mass is 324 g/mol. The molecule has 0 N–H and O–H groups in total. The lowest BCUT2D eigenvalue weighted by Crippen LogP contribution is -1.99. The Balaban J connectivity index is 1.87. The molecule has 4 heteroatoms. The number of pyridine rings is 1. The van der Waals surface area contributed by atoms with Crippen LogP contribution >= 0.6 is 0 Å². The summed E-state index contributed by atoms with van der Waals surface area (Å²) in [6.45, 7) is 4.26. The van der Waals surface area contributed by atoms with Crippen molar-refractivity contribution in [1.82, 2.24) is 20.0 Å². The predicted octanol–water partition coefficient (Wildman–Crippen LogP) is 4.39. The first kappa shape index (κ1) is 15.0. The highest BCUT2D eigenvalue weighted by Gasteiger charge is 2.17. The molecule has 2 aromatic carbocycles. The summed E-state index contributed by atoms with van der Waals surface area (Å²) in [7, 11) is 0. The Morgan fingerprint density at radius 1 is 0.800 bits per heavy atom. The fourth-order valence-electron chi connectivity index (χ4n) is 2.66. The summed E-state index contributed by atoms with van der Waals surface area (Å²) in [6, 6.07) is 23.9. The third kappa shape index (κ3) is 2.97. The fourth-order valence-corrected chi connectivity index (χ4v) is 2.66. The second-order valence-corrected chi connectivity index (χ2v) is 5.61. The Hall–Kier alpha value is -3.53. The largest absolute Gasteiger partial charge is 0.262 e. The number of rotatable bonds is 4. The Bertz CT molecular complexity index is 990. The molecule has 0 saturated carbocycles. The molecule has 0 aliphatic heterocycles. The van der Waals surface area contributed by atoms with E-state index in [0.29, 0.717) is 0 Å². The molecule has 0 aliphatic rings. The Labute approximate surface area is 146 Å². The van der Waals surface area contributed by atoms with E-state index >= 15 is 0 Å². The predicted molar refractivity (Wildman–Crippen MR) is 99.2 cm³/mol. The Morgan fingerprint density at radius 3 is 2.20 bits per heavy atom. The van der Waals surface area contributed by atoms with Gasteiger partial charge in [0.15, 0.2) is 0 Å². The number of benzene rings is 2. The van der Waals surface area contributed by atoms with Crippen LogP contribution in [-0.4, -0.2) is 20.0 Å². The molecule has 2 aromatic heterocycles. The van der Waals surface area contributed by atoms with Gasteiger partial charge in [-0.25, -0.2) is 0 Å². The molecule has 0 bridgehead atoms. The third-order valence-corrected chi connectivity index (χ3v) is 3.95. The van der Waals surface area contributed by atoms with Crippen molar-refractivity contribution >= 4 is 5.57 Å². The van der Waals surface area contributed by atoms with Crippen molar-refractivity contribution in [3.63, 3.8) is 0 Å². The molecule has 2 heterocycles. The van der Waals surface area contributed by atoms with Crippen LogP contribution in [0.15, 0.2) is 91.8 Å². The molecule has 25 heavy (non-hydrogen) atoms.